The number of nitrogens with zero attached hydrogens (tertiary/aromatic N) is 1. The Morgan fingerprint density at radius 1 is 1.33 bits per heavy atom. The predicted octanol–water partition coefficient (Wildman–Crippen LogP) is 2.11. The van der Waals surface area contributed by atoms with E-state index in [0.717, 1.165) is 25.2 Å². The van der Waals surface area contributed by atoms with Crippen molar-refractivity contribution in [2.45, 2.75) is 43.7 Å². The Kier molecular flexibility index (Phi) is 5.67. The van der Waals surface area contributed by atoms with Gasteiger partial charge in [-0.05, 0) is 18.1 Å². The van der Waals surface area contributed by atoms with Gasteiger partial charge in [-0.1, -0.05) is 38.1 Å². The number of benzene rings is 1. The molecule has 0 radical (unpaired) electrons. The molecule has 3 N–H and O–H groups in total. The molecule has 3 unspecified atom stereocenters. The maximum Gasteiger partial charge on any atom is 0.241 e. The van der Waals surface area contributed by atoms with Gasteiger partial charge < -0.3 is 0 Å². The first-order chi connectivity index (χ1) is 9.99. The van der Waals surface area contributed by atoms with Crippen molar-refractivity contribution in [1.29, 1.82) is 0 Å². The fourth-order valence-corrected chi connectivity index (χ4v) is 4.25. The van der Waals surface area contributed by atoms with E-state index >= 15 is 0 Å². The molecule has 0 bridgehead atoms. The fraction of sp³-hybridized carbons (Fsp3) is 0.562. The normalized spacial score (nSPS) is 24.6. The molecule has 0 saturated carbocycles. The first kappa shape index (κ1) is 16.3. The number of carbonyl (C=O) groups is 1. The van der Waals surface area contributed by atoms with Gasteiger partial charge in [0.1, 0.15) is 0 Å². The lowest BCUT2D eigenvalue weighted by atomic mass is 9.99. The number of hydrogen-bond donors (Lipinski definition) is 2. The molecular weight excluding hydrogens is 282 g/mol. The first-order valence-electron chi connectivity index (χ1n) is 7.46. The third kappa shape index (κ3) is 4.46. The molecule has 5 heteroatoms. The molecule has 21 heavy (non-hydrogen) atoms. The minimum Gasteiger partial charge on any atom is -0.297 e. The summed E-state index contributed by atoms with van der Waals surface area (Å²) in [4.78, 5) is 14.1. The van der Waals surface area contributed by atoms with Crippen LogP contribution in [0.3, 0.4) is 0 Å². The molecule has 1 fully saturated rings. The zero-order chi connectivity index (χ0) is 15.4. The van der Waals surface area contributed by atoms with Crippen molar-refractivity contribution in [3.8, 4) is 0 Å². The van der Waals surface area contributed by atoms with Crippen LogP contribution in [0.4, 0.5) is 0 Å². The number of rotatable bonds is 4. The number of carbonyl (C=O) groups excluding carboxylic acids is 1. The second kappa shape index (κ2) is 7.29. The van der Waals surface area contributed by atoms with Gasteiger partial charge in [0, 0.05) is 30.1 Å². The van der Waals surface area contributed by atoms with E-state index in [0.29, 0.717) is 10.5 Å². The van der Waals surface area contributed by atoms with Crippen LogP contribution in [0.15, 0.2) is 24.3 Å². The summed E-state index contributed by atoms with van der Waals surface area (Å²) in [5.41, 5.74) is 4.50. The summed E-state index contributed by atoms with van der Waals surface area (Å²) in [5, 5.41) is 1.39. The van der Waals surface area contributed by atoms with E-state index in [4.69, 9.17) is 5.84 Å². The van der Waals surface area contributed by atoms with Gasteiger partial charge in [-0.3, -0.25) is 15.1 Å². The van der Waals surface area contributed by atoms with E-state index in [1.165, 1.54) is 5.56 Å². The van der Waals surface area contributed by atoms with Crippen molar-refractivity contribution in [2.24, 2.45) is 5.84 Å². The predicted molar refractivity (Wildman–Crippen MR) is 89.0 cm³/mol. The second-order valence-electron chi connectivity index (χ2n) is 5.92. The van der Waals surface area contributed by atoms with Crippen LogP contribution in [0.1, 0.15) is 37.8 Å². The number of nitrogens with two attached hydrogens (primary N) is 1. The maximum absolute atomic E-state index is 11.5. The van der Waals surface area contributed by atoms with E-state index in [9.17, 15) is 4.79 Å². The van der Waals surface area contributed by atoms with Gasteiger partial charge in [0.2, 0.25) is 5.91 Å². The highest BCUT2D eigenvalue weighted by Gasteiger charge is 2.22. The number of hydrogen-bond acceptors (Lipinski definition) is 4. The molecule has 1 aromatic rings. The molecule has 1 aromatic carbocycles. The van der Waals surface area contributed by atoms with Crippen LogP contribution in [-0.2, 0) is 11.3 Å². The Labute approximate surface area is 131 Å². The van der Waals surface area contributed by atoms with Crippen molar-refractivity contribution >= 4 is 17.7 Å². The van der Waals surface area contributed by atoms with Crippen LogP contribution in [0.25, 0.3) is 0 Å². The minimum absolute atomic E-state index is 0.154. The standard InChI is InChI=1S/C16H25N3OS/c1-11-8-19(9-12(2)21-11)10-14-4-6-15(7-5-14)13(3)16(20)18-17/h4-7,11-13H,8-10,17H2,1-3H3,(H,18,20). The lowest BCUT2D eigenvalue weighted by molar-refractivity contribution is -0.122. The molecule has 0 aromatic heterocycles. The zero-order valence-electron chi connectivity index (χ0n) is 13.0. The highest BCUT2D eigenvalue weighted by molar-refractivity contribution is 8.00. The van der Waals surface area contributed by atoms with Gasteiger partial charge in [-0.25, -0.2) is 5.84 Å². The Bertz CT molecular complexity index is 467. The Morgan fingerprint density at radius 3 is 2.43 bits per heavy atom. The monoisotopic (exact) mass is 307 g/mol. The summed E-state index contributed by atoms with van der Waals surface area (Å²) in [6.45, 7) is 9.72. The minimum atomic E-state index is -0.213. The second-order valence-corrected chi connectivity index (χ2v) is 7.80. The fourth-order valence-electron chi connectivity index (χ4n) is 2.86. The highest BCUT2D eigenvalue weighted by atomic mass is 32.2. The summed E-state index contributed by atoms with van der Waals surface area (Å²) >= 11 is 2.07. The molecule has 1 heterocycles. The summed E-state index contributed by atoms with van der Waals surface area (Å²) in [6.07, 6.45) is 0. The van der Waals surface area contributed by atoms with Crippen LogP contribution in [0.2, 0.25) is 0 Å². The van der Waals surface area contributed by atoms with E-state index < -0.39 is 0 Å². The van der Waals surface area contributed by atoms with Crippen molar-refractivity contribution < 1.29 is 4.79 Å². The van der Waals surface area contributed by atoms with Crippen LogP contribution in [0, 0.1) is 0 Å². The van der Waals surface area contributed by atoms with Gasteiger partial charge in [-0.15, -0.1) is 0 Å². The molecule has 3 atom stereocenters. The van der Waals surface area contributed by atoms with Crippen LogP contribution >= 0.6 is 11.8 Å². The highest BCUT2D eigenvalue weighted by Crippen LogP contribution is 2.26. The summed E-state index contributed by atoms with van der Waals surface area (Å²) in [5.74, 6) is 4.81. The number of hydrazine groups is 1. The van der Waals surface area contributed by atoms with Crippen molar-refractivity contribution in [2.75, 3.05) is 13.1 Å². The Balaban J connectivity index is 1.97. The Morgan fingerprint density at radius 2 is 1.90 bits per heavy atom. The molecule has 1 aliphatic rings. The average Bonchev–Trinajstić information content (AvgIpc) is 2.45. The largest absolute Gasteiger partial charge is 0.297 e. The van der Waals surface area contributed by atoms with E-state index in [1.807, 2.05) is 19.1 Å². The smallest absolute Gasteiger partial charge is 0.241 e. The van der Waals surface area contributed by atoms with Crippen molar-refractivity contribution in [3.05, 3.63) is 35.4 Å². The van der Waals surface area contributed by atoms with E-state index in [2.05, 4.69) is 48.1 Å². The maximum atomic E-state index is 11.5. The molecule has 116 valence electrons. The topological polar surface area (TPSA) is 58.4 Å². The third-order valence-corrected chi connectivity index (χ3v) is 5.14. The molecule has 1 saturated heterocycles. The van der Waals surface area contributed by atoms with Crippen molar-refractivity contribution in [1.82, 2.24) is 10.3 Å². The van der Waals surface area contributed by atoms with Gasteiger partial charge in [0.05, 0.1) is 5.92 Å². The van der Waals surface area contributed by atoms with Crippen molar-refractivity contribution in [3.63, 3.8) is 0 Å². The third-order valence-electron chi connectivity index (χ3n) is 3.92. The summed E-state index contributed by atoms with van der Waals surface area (Å²) in [6, 6.07) is 8.29. The lowest BCUT2D eigenvalue weighted by Gasteiger charge is -2.34. The van der Waals surface area contributed by atoms with E-state index in [-0.39, 0.29) is 11.8 Å². The lowest BCUT2D eigenvalue weighted by Crippen LogP contribution is -2.39. The van der Waals surface area contributed by atoms with Crippen LogP contribution < -0.4 is 11.3 Å². The van der Waals surface area contributed by atoms with Crippen LogP contribution in [0.5, 0.6) is 0 Å². The van der Waals surface area contributed by atoms with E-state index in [1.54, 1.807) is 0 Å². The van der Waals surface area contributed by atoms with Gasteiger partial charge in [0.15, 0.2) is 0 Å². The molecule has 2 rings (SSSR count). The molecule has 1 amide bonds. The van der Waals surface area contributed by atoms with Gasteiger partial charge >= 0.3 is 0 Å². The average molecular weight is 307 g/mol. The van der Waals surface area contributed by atoms with Gasteiger partial charge in [0.25, 0.3) is 0 Å². The summed E-state index contributed by atoms with van der Waals surface area (Å²) in [7, 11) is 0. The summed E-state index contributed by atoms with van der Waals surface area (Å²) < 4.78 is 0. The first-order valence-corrected chi connectivity index (χ1v) is 8.41. The molecule has 0 aliphatic carbocycles. The SMILES string of the molecule is CC1CN(Cc2ccc(C(C)C(=O)NN)cc2)CC(C)S1. The zero-order valence-corrected chi connectivity index (χ0v) is 13.8. The number of amides is 1. The molecule has 1 aliphatic heterocycles. The molecule has 4 nitrogen and oxygen atoms in total. The quantitative estimate of drug-likeness (QED) is 0.508. The van der Waals surface area contributed by atoms with Gasteiger partial charge in [-0.2, -0.15) is 11.8 Å². The molecular formula is C16H25N3OS. The number of nitrogens with one attached hydrogen (secondary N) is 1. The number of thioether (sulfide) groups is 1. The molecule has 0 spiro atoms. The van der Waals surface area contributed by atoms with Crippen LogP contribution in [-0.4, -0.2) is 34.4 Å². The Hall–Kier alpha value is -1.04.